The Morgan fingerprint density at radius 2 is 1.76 bits per heavy atom. The molecule has 0 unspecified atom stereocenters. The molecule has 1 fully saturated rings. The van der Waals surface area contributed by atoms with Crippen LogP contribution in [0.5, 0.6) is 0 Å². The van der Waals surface area contributed by atoms with Crippen molar-refractivity contribution >= 4 is 11.4 Å². The van der Waals surface area contributed by atoms with Crippen LogP contribution >= 0.6 is 0 Å². The van der Waals surface area contributed by atoms with Crippen LogP contribution in [0.1, 0.15) is 37.7 Å². The highest BCUT2D eigenvalue weighted by atomic mass is 16.6. The number of nitro groups is 2. The van der Waals surface area contributed by atoms with E-state index in [0.29, 0.717) is 18.5 Å². The summed E-state index contributed by atoms with van der Waals surface area (Å²) in [7, 11) is 0. The second-order valence-electron chi connectivity index (χ2n) is 5.77. The summed E-state index contributed by atoms with van der Waals surface area (Å²) in [5.74, 6) is 0. The maximum absolute atomic E-state index is 11.2. The van der Waals surface area contributed by atoms with Crippen LogP contribution in [0, 0.1) is 25.6 Å². The van der Waals surface area contributed by atoms with E-state index in [0.717, 1.165) is 31.7 Å². The average Bonchev–Trinajstić information content (AvgIpc) is 2.48. The van der Waals surface area contributed by atoms with Crippen LogP contribution < -0.4 is 5.73 Å². The molecule has 114 valence electrons. The molecule has 0 heterocycles. The molecule has 0 aromatic heterocycles. The first-order valence-electron chi connectivity index (χ1n) is 7.09. The second kappa shape index (κ2) is 6.17. The summed E-state index contributed by atoms with van der Waals surface area (Å²) in [6.45, 7) is 0.487. The number of nitro benzene ring substituents is 2. The highest BCUT2D eigenvalue weighted by Crippen LogP contribution is 2.40. The SMILES string of the molecule is NCC1(Cc2ccc([N+](=O)[O-])cc2[N+](=O)[O-])CCCCC1. The van der Waals surface area contributed by atoms with Gasteiger partial charge in [0.05, 0.1) is 15.9 Å². The lowest BCUT2D eigenvalue weighted by atomic mass is 9.70. The van der Waals surface area contributed by atoms with Crippen molar-refractivity contribution in [3.63, 3.8) is 0 Å². The summed E-state index contributed by atoms with van der Waals surface area (Å²) in [5.41, 5.74) is 5.91. The van der Waals surface area contributed by atoms with Gasteiger partial charge in [-0.3, -0.25) is 20.2 Å². The molecule has 21 heavy (non-hydrogen) atoms. The zero-order valence-electron chi connectivity index (χ0n) is 11.8. The molecule has 7 nitrogen and oxygen atoms in total. The largest absolute Gasteiger partial charge is 0.330 e. The molecule has 2 N–H and O–H groups in total. The summed E-state index contributed by atoms with van der Waals surface area (Å²) < 4.78 is 0. The fraction of sp³-hybridized carbons (Fsp3) is 0.571. The Morgan fingerprint density at radius 1 is 1.10 bits per heavy atom. The minimum Gasteiger partial charge on any atom is -0.330 e. The summed E-state index contributed by atoms with van der Waals surface area (Å²) in [6.07, 6.45) is 5.76. The highest BCUT2D eigenvalue weighted by molar-refractivity contribution is 5.49. The molecular weight excluding hydrogens is 274 g/mol. The van der Waals surface area contributed by atoms with Crippen LogP contribution in [0.2, 0.25) is 0 Å². The van der Waals surface area contributed by atoms with Gasteiger partial charge in [-0.05, 0) is 37.3 Å². The summed E-state index contributed by atoms with van der Waals surface area (Å²) in [4.78, 5) is 20.8. The first-order valence-corrected chi connectivity index (χ1v) is 7.09. The van der Waals surface area contributed by atoms with E-state index in [-0.39, 0.29) is 16.8 Å². The molecular formula is C14H19N3O4. The Kier molecular flexibility index (Phi) is 4.52. The van der Waals surface area contributed by atoms with Crippen molar-refractivity contribution in [1.82, 2.24) is 0 Å². The Labute approximate surface area is 122 Å². The van der Waals surface area contributed by atoms with Crippen molar-refractivity contribution < 1.29 is 9.85 Å². The van der Waals surface area contributed by atoms with Crippen molar-refractivity contribution in [2.75, 3.05) is 6.54 Å². The minimum atomic E-state index is -0.615. The van der Waals surface area contributed by atoms with E-state index in [1.54, 1.807) is 0 Å². The molecule has 0 aliphatic heterocycles. The summed E-state index contributed by atoms with van der Waals surface area (Å²) >= 11 is 0. The molecule has 7 heteroatoms. The van der Waals surface area contributed by atoms with Crippen LogP contribution in [0.3, 0.4) is 0 Å². The molecule has 0 atom stereocenters. The molecule has 0 radical (unpaired) electrons. The lowest BCUT2D eigenvalue weighted by Gasteiger charge is -2.36. The zero-order valence-corrected chi connectivity index (χ0v) is 11.8. The Morgan fingerprint density at radius 3 is 2.29 bits per heavy atom. The minimum absolute atomic E-state index is 0.112. The Bertz CT molecular complexity index is 553. The highest BCUT2D eigenvalue weighted by Gasteiger charge is 2.33. The quantitative estimate of drug-likeness (QED) is 0.662. The van der Waals surface area contributed by atoms with E-state index >= 15 is 0 Å². The Hall–Kier alpha value is -2.02. The number of nitrogens with two attached hydrogens (primary N) is 1. The van der Waals surface area contributed by atoms with Crippen molar-refractivity contribution in [2.24, 2.45) is 11.1 Å². The molecule has 0 saturated heterocycles. The lowest BCUT2D eigenvalue weighted by Crippen LogP contribution is -2.35. The first-order chi connectivity index (χ1) is 9.97. The normalized spacial score (nSPS) is 17.4. The standard InChI is InChI=1S/C14H19N3O4/c15-10-14(6-2-1-3-7-14)9-11-4-5-12(16(18)19)8-13(11)17(20)21/h4-5,8H,1-3,6-7,9-10,15H2. The molecule has 0 bridgehead atoms. The van der Waals surface area contributed by atoms with Gasteiger partial charge >= 0.3 is 0 Å². The third-order valence-electron chi connectivity index (χ3n) is 4.39. The monoisotopic (exact) mass is 293 g/mol. The average molecular weight is 293 g/mol. The van der Waals surface area contributed by atoms with E-state index in [1.165, 1.54) is 18.6 Å². The maximum Gasteiger partial charge on any atom is 0.279 e. The van der Waals surface area contributed by atoms with Gasteiger partial charge in [-0.15, -0.1) is 0 Å². The first kappa shape index (κ1) is 15.4. The van der Waals surface area contributed by atoms with Crippen molar-refractivity contribution in [1.29, 1.82) is 0 Å². The molecule has 0 spiro atoms. The van der Waals surface area contributed by atoms with Gasteiger partial charge in [0.25, 0.3) is 11.4 Å². The fourth-order valence-electron chi connectivity index (χ4n) is 3.14. The van der Waals surface area contributed by atoms with Gasteiger partial charge in [0.1, 0.15) is 0 Å². The fourth-order valence-corrected chi connectivity index (χ4v) is 3.14. The van der Waals surface area contributed by atoms with Crippen LogP contribution in [-0.4, -0.2) is 16.4 Å². The molecule has 1 aromatic carbocycles. The molecule has 1 saturated carbocycles. The van der Waals surface area contributed by atoms with E-state index in [4.69, 9.17) is 5.73 Å². The number of nitrogens with zero attached hydrogens (tertiary/aromatic N) is 2. The van der Waals surface area contributed by atoms with E-state index in [1.807, 2.05) is 0 Å². The van der Waals surface area contributed by atoms with Gasteiger partial charge in [0.15, 0.2) is 0 Å². The number of rotatable bonds is 5. The molecule has 1 aromatic rings. The summed E-state index contributed by atoms with van der Waals surface area (Å²) in [5, 5.41) is 21.9. The van der Waals surface area contributed by atoms with Crippen molar-refractivity contribution in [3.05, 3.63) is 44.0 Å². The van der Waals surface area contributed by atoms with Gasteiger partial charge in [-0.2, -0.15) is 0 Å². The number of non-ortho nitro benzene ring substituents is 1. The second-order valence-corrected chi connectivity index (χ2v) is 5.77. The van der Waals surface area contributed by atoms with E-state index in [9.17, 15) is 20.2 Å². The smallest absolute Gasteiger partial charge is 0.279 e. The predicted octanol–water partition coefficient (Wildman–Crippen LogP) is 2.95. The van der Waals surface area contributed by atoms with Crippen molar-refractivity contribution in [3.8, 4) is 0 Å². The van der Waals surface area contributed by atoms with Gasteiger partial charge in [-0.25, -0.2) is 0 Å². The van der Waals surface area contributed by atoms with Crippen LogP contribution in [-0.2, 0) is 6.42 Å². The third-order valence-corrected chi connectivity index (χ3v) is 4.39. The topological polar surface area (TPSA) is 112 Å². The predicted molar refractivity (Wildman–Crippen MR) is 78.0 cm³/mol. The summed E-state index contributed by atoms with van der Waals surface area (Å²) in [6, 6.07) is 3.88. The van der Waals surface area contributed by atoms with Gasteiger partial charge in [0, 0.05) is 11.6 Å². The van der Waals surface area contributed by atoms with Crippen LogP contribution in [0.4, 0.5) is 11.4 Å². The lowest BCUT2D eigenvalue weighted by molar-refractivity contribution is -0.394. The van der Waals surface area contributed by atoms with Gasteiger partial charge in [0.2, 0.25) is 0 Å². The molecule has 2 rings (SSSR count). The van der Waals surface area contributed by atoms with Gasteiger partial charge in [-0.1, -0.05) is 19.3 Å². The van der Waals surface area contributed by atoms with Crippen LogP contribution in [0.25, 0.3) is 0 Å². The van der Waals surface area contributed by atoms with E-state index in [2.05, 4.69) is 0 Å². The van der Waals surface area contributed by atoms with Crippen LogP contribution in [0.15, 0.2) is 18.2 Å². The Balaban J connectivity index is 2.34. The maximum atomic E-state index is 11.2. The van der Waals surface area contributed by atoms with Gasteiger partial charge < -0.3 is 5.73 Å². The number of hydrogen-bond donors (Lipinski definition) is 1. The zero-order chi connectivity index (χ0) is 15.5. The molecule has 1 aliphatic rings. The third kappa shape index (κ3) is 3.36. The number of hydrogen-bond acceptors (Lipinski definition) is 5. The van der Waals surface area contributed by atoms with E-state index < -0.39 is 9.85 Å². The van der Waals surface area contributed by atoms with Crippen molar-refractivity contribution in [2.45, 2.75) is 38.5 Å². The molecule has 1 aliphatic carbocycles. The molecule has 0 amide bonds. The number of benzene rings is 1.